The van der Waals surface area contributed by atoms with E-state index in [0.717, 1.165) is 24.3 Å². The average Bonchev–Trinajstić information content (AvgIpc) is 2.87. The lowest BCUT2D eigenvalue weighted by molar-refractivity contribution is -0.378. The number of nitrogens with one attached hydrogen (secondary N) is 2. The molecule has 38 heavy (non-hydrogen) atoms. The van der Waals surface area contributed by atoms with E-state index in [9.17, 15) is 19.8 Å². The van der Waals surface area contributed by atoms with Crippen molar-refractivity contribution in [3.05, 3.63) is 84.4 Å². The Labute approximate surface area is 213 Å². The number of aromatic hydroxyl groups is 4. The van der Waals surface area contributed by atoms with Crippen LogP contribution in [-0.2, 0) is 0 Å². The third-order valence-electron chi connectivity index (χ3n) is 4.36. The number of hydrogen-bond acceptors (Lipinski definition) is 8. The maximum Gasteiger partial charge on any atom is 0.335 e. The third-order valence-corrected chi connectivity index (χ3v) is 4.36. The Hall–Kier alpha value is -5.60. The third kappa shape index (κ3) is 8.88. The van der Waals surface area contributed by atoms with Crippen LogP contribution < -0.4 is 20.2 Å². The second-order valence-electron chi connectivity index (χ2n) is 6.87. The normalized spacial score (nSPS) is 9.16. The monoisotopic (exact) mass is 532 g/mol. The fourth-order valence-electron chi connectivity index (χ4n) is 2.60. The van der Waals surface area contributed by atoms with Gasteiger partial charge in [-0.2, -0.15) is 0 Å². The van der Waals surface area contributed by atoms with Gasteiger partial charge in [-0.15, -0.1) is 0 Å². The second-order valence-corrected chi connectivity index (χ2v) is 6.87. The minimum Gasteiger partial charge on any atom is -0.867 e. The first-order valence-electron chi connectivity index (χ1n) is 9.86. The smallest absolute Gasteiger partial charge is 0.335 e. The predicted octanol–water partition coefficient (Wildman–Crippen LogP) is -0.928. The zero-order chi connectivity index (χ0) is 26.8. The van der Waals surface area contributed by atoms with E-state index in [1.165, 1.54) is 11.1 Å². The van der Waals surface area contributed by atoms with E-state index in [0.29, 0.717) is 0 Å². The molecule has 0 bridgehead atoms. The van der Waals surface area contributed by atoms with Crippen LogP contribution in [0.15, 0.2) is 73.3 Å². The molecular formula is C24H24N2O12. The first-order chi connectivity index (χ1) is 17.0. The Balaban J connectivity index is 0.000000527. The van der Waals surface area contributed by atoms with Crippen molar-refractivity contribution >= 4 is 11.9 Å². The molecule has 2 heterocycles. The van der Waals surface area contributed by atoms with E-state index in [1.807, 2.05) is 24.8 Å². The summed E-state index contributed by atoms with van der Waals surface area (Å²) in [7, 11) is 0. The molecule has 0 atom stereocenters. The number of phenols is 4. The summed E-state index contributed by atoms with van der Waals surface area (Å²) >= 11 is 0. The molecule has 4 aromatic rings. The number of carboxylic acid groups (broad SMARTS) is 2. The molecule has 0 aliphatic carbocycles. The summed E-state index contributed by atoms with van der Waals surface area (Å²) in [6.45, 7) is 0. The van der Waals surface area contributed by atoms with Crippen molar-refractivity contribution in [1.82, 2.24) is 0 Å². The number of aromatic nitrogens is 2. The number of pyridine rings is 2. The first-order valence-corrected chi connectivity index (χ1v) is 9.86. The highest BCUT2D eigenvalue weighted by Crippen LogP contribution is 2.33. The van der Waals surface area contributed by atoms with E-state index in [-0.39, 0.29) is 22.1 Å². The van der Waals surface area contributed by atoms with Crippen LogP contribution >= 0.6 is 0 Å². The summed E-state index contributed by atoms with van der Waals surface area (Å²) in [6.07, 6.45) is 7.69. The molecule has 0 spiro atoms. The number of hydrogen-bond donors (Lipinski definition) is 6. The van der Waals surface area contributed by atoms with Gasteiger partial charge in [0.1, 0.15) is 23.0 Å². The Morgan fingerprint density at radius 1 is 0.553 bits per heavy atom. The van der Waals surface area contributed by atoms with Gasteiger partial charge in [0.2, 0.25) is 0 Å². The number of benzene rings is 2. The van der Waals surface area contributed by atoms with Gasteiger partial charge in [0.05, 0.1) is 11.1 Å². The first kappa shape index (κ1) is 32.4. The number of aromatic carboxylic acids is 2. The second kappa shape index (κ2) is 14.7. The molecule has 0 saturated heterocycles. The number of aromatic amines is 2. The van der Waals surface area contributed by atoms with Gasteiger partial charge in [0.15, 0.2) is 24.8 Å². The maximum absolute atomic E-state index is 10.7. The van der Waals surface area contributed by atoms with E-state index in [1.54, 1.807) is 0 Å². The van der Waals surface area contributed by atoms with Crippen LogP contribution in [0.3, 0.4) is 0 Å². The van der Waals surface area contributed by atoms with Crippen molar-refractivity contribution in [3.63, 3.8) is 0 Å². The zero-order valence-corrected chi connectivity index (χ0v) is 19.2. The van der Waals surface area contributed by atoms with Crippen LogP contribution in [0.5, 0.6) is 34.5 Å². The number of carboxylic acids is 2. The molecule has 0 aliphatic heterocycles. The zero-order valence-electron chi connectivity index (χ0n) is 19.2. The van der Waals surface area contributed by atoms with E-state index in [2.05, 4.69) is 34.2 Å². The maximum atomic E-state index is 10.7. The lowest BCUT2D eigenvalue weighted by atomic mass is 10.1. The molecule has 0 amide bonds. The number of rotatable bonds is 3. The molecule has 2 aromatic heterocycles. The van der Waals surface area contributed by atoms with Gasteiger partial charge < -0.3 is 51.8 Å². The van der Waals surface area contributed by atoms with Crippen LogP contribution in [0.25, 0.3) is 11.1 Å². The number of H-pyrrole nitrogens is 2. The highest BCUT2D eigenvalue weighted by molar-refractivity contribution is 5.89. The van der Waals surface area contributed by atoms with Crippen LogP contribution in [0.1, 0.15) is 20.7 Å². The molecule has 2 aromatic carbocycles. The summed E-state index contributed by atoms with van der Waals surface area (Å²) in [5.41, 5.74) is 1.79. The molecule has 0 radical (unpaired) electrons. The van der Waals surface area contributed by atoms with Gasteiger partial charge in [0, 0.05) is 24.3 Å². The molecule has 4 rings (SSSR count). The molecule has 0 aliphatic rings. The van der Waals surface area contributed by atoms with E-state index in [4.69, 9.17) is 30.6 Å². The largest absolute Gasteiger partial charge is 0.867 e. The molecule has 0 saturated carbocycles. The number of phenolic OH excluding ortho intramolecular Hbond substituents is 4. The van der Waals surface area contributed by atoms with Crippen molar-refractivity contribution in [2.75, 3.05) is 0 Å². The Morgan fingerprint density at radius 3 is 1.00 bits per heavy atom. The fourth-order valence-corrected chi connectivity index (χ4v) is 2.60. The quantitative estimate of drug-likeness (QED) is 0.188. The highest BCUT2D eigenvalue weighted by atomic mass is 16.4. The summed E-state index contributed by atoms with van der Waals surface area (Å²) < 4.78 is 0. The summed E-state index contributed by atoms with van der Waals surface area (Å²) in [5.74, 6) is -7.67. The van der Waals surface area contributed by atoms with Crippen LogP contribution in [0, 0.1) is 0 Å². The topological polar surface area (TPSA) is 293 Å². The predicted molar refractivity (Wildman–Crippen MR) is 125 cm³/mol. The fraction of sp³-hybridized carbons (Fsp3) is 0. The standard InChI is InChI=1S/C10H8N2.2C7H6O5.2H2O/c1-5-11-6-2-9(1)10-3-7-12-8-4-10;2*8-4-1-3(7(11)12)2-5(9)6(4)10;;/h1-8H;2*1-2,8-10H,(H,11,12);2*1H2. The number of carbonyl (C=O) groups is 2. The van der Waals surface area contributed by atoms with Crippen LogP contribution in [-0.4, -0.2) is 53.5 Å². The Kier molecular flexibility index (Phi) is 12.6. The summed E-state index contributed by atoms with van der Waals surface area (Å²) in [6, 6.07) is 11.3. The minimum atomic E-state index is -1.32. The Morgan fingerprint density at radius 2 is 0.789 bits per heavy atom. The van der Waals surface area contributed by atoms with Crippen molar-refractivity contribution in [1.29, 1.82) is 0 Å². The van der Waals surface area contributed by atoms with Crippen LogP contribution in [0.4, 0.5) is 0 Å². The van der Waals surface area contributed by atoms with Gasteiger partial charge in [0.25, 0.3) is 0 Å². The molecular weight excluding hydrogens is 508 g/mol. The van der Waals surface area contributed by atoms with Crippen LogP contribution in [0.2, 0.25) is 0 Å². The van der Waals surface area contributed by atoms with Gasteiger partial charge in [-0.1, -0.05) is 0 Å². The van der Waals surface area contributed by atoms with Gasteiger partial charge in [-0.3, -0.25) is 0 Å². The van der Waals surface area contributed by atoms with E-state index >= 15 is 0 Å². The van der Waals surface area contributed by atoms with Crippen molar-refractivity contribution in [3.8, 4) is 45.6 Å². The lowest BCUT2D eigenvalue weighted by Crippen LogP contribution is -1.99. The molecule has 0 unspecified atom stereocenters. The minimum absolute atomic E-state index is 0. The Bertz CT molecular complexity index is 1200. The van der Waals surface area contributed by atoms with E-state index < -0.39 is 46.4 Å². The SMILES string of the molecule is O.O.O=C(O)c1cc(O)c([O-])c(O)c1.O=C(O)c1cc(O)c([O-])c(O)c1.c1cc(-c2cc[nH+]cc2)cc[nH+]1. The molecule has 14 nitrogen and oxygen atoms in total. The molecule has 12 N–H and O–H groups in total. The van der Waals surface area contributed by atoms with Gasteiger partial charge in [-0.25, -0.2) is 19.6 Å². The molecule has 0 fully saturated rings. The summed E-state index contributed by atoms with van der Waals surface area (Å²) in [4.78, 5) is 26.6. The van der Waals surface area contributed by atoms with Crippen molar-refractivity contribution in [2.24, 2.45) is 0 Å². The van der Waals surface area contributed by atoms with Crippen molar-refractivity contribution in [2.45, 2.75) is 0 Å². The van der Waals surface area contributed by atoms with Gasteiger partial charge >= 0.3 is 11.9 Å². The lowest BCUT2D eigenvalue weighted by Gasteiger charge is -2.10. The average molecular weight is 532 g/mol. The highest BCUT2D eigenvalue weighted by Gasteiger charge is 2.08. The molecule has 14 heteroatoms. The summed E-state index contributed by atoms with van der Waals surface area (Å²) in [5, 5.41) is 73.3. The molecule has 202 valence electrons. The van der Waals surface area contributed by atoms with Crippen molar-refractivity contribution < 1.29 is 71.4 Å². The van der Waals surface area contributed by atoms with Gasteiger partial charge in [-0.05, 0) is 46.9 Å².